The summed E-state index contributed by atoms with van der Waals surface area (Å²) in [5, 5.41) is 2.81. The second-order valence-electron chi connectivity index (χ2n) is 3.86. The molecule has 1 N–H and O–H groups in total. The topological polar surface area (TPSA) is 100 Å². The van der Waals surface area contributed by atoms with Crippen LogP contribution in [0.2, 0.25) is 0 Å². The summed E-state index contributed by atoms with van der Waals surface area (Å²) in [6.07, 6.45) is -0.289. The minimum atomic E-state index is -1.03. The maximum atomic E-state index is 11.8. The number of esters is 3. The summed E-state index contributed by atoms with van der Waals surface area (Å²) >= 11 is 0. The molecule has 0 fully saturated rings. The van der Waals surface area contributed by atoms with Gasteiger partial charge in [-0.3, -0.25) is 14.4 Å². The van der Waals surface area contributed by atoms with Crippen LogP contribution in [-0.2, 0) is 33.3 Å². The molecule has 2 unspecified atom stereocenters. The highest BCUT2D eigenvalue weighted by Gasteiger charge is 2.37. The zero-order chi connectivity index (χ0) is 15.5. The molecule has 8 nitrogen and oxygen atoms in total. The summed E-state index contributed by atoms with van der Waals surface area (Å²) in [7, 11) is 5.07. The van der Waals surface area contributed by atoms with Gasteiger partial charge in [-0.05, 0) is 0 Å². The molecule has 0 radical (unpaired) electrons. The zero-order valence-corrected chi connectivity index (χ0v) is 12.1. The third-order valence-corrected chi connectivity index (χ3v) is 2.65. The maximum absolute atomic E-state index is 11.8. The van der Waals surface area contributed by atoms with E-state index >= 15 is 0 Å². The molecule has 116 valence electrons. The van der Waals surface area contributed by atoms with Crippen molar-refractivity contribution in [3.8, 4) is 0 Å². The molecule has 0 saturated heterocycles. The Bertz CT molecular complexity index is 332. The first-order valence-corrected chi connectivity index (χ1v) is 5.96. The predicted octanol–water partition coefficient (Wildman–Crippen LogP) is -0.884. The molecule has 0 rings (SSSR count). The van der Waals surface area contributed by atoms with Gasteiger partial charge in [0.15, 0.2) is 0 Å². The Morgan fingerprint density at radius 2 is 1.55 bits per heavy atom. The lowest BCUT2D eigenvalue weighted by Crippen LogP contribution is -2.48. The van der Waals surface area contributed by atoms with Gasteiger partial charge in [-0.1, -0.05) is 0 Å². The summed E-state index contributed by atoms with van der Waals surface area (Å²) in [6, 6.07) is -1.01. The van der Waals surface area contributed by atoms with Crippen LogP contribution < -0.4 is 5.32 Å². The molecule has 2 atom stereocenters. The Balaban J connectivity index is 5.00. The van der Waals surface area contributed by atoms with Crippen LogP contribution in [0.5, 0.6) is 0 Å². The lowest BCUT2D eigenvalue weighted by molar-refractivity contribution is -0.158. The molecule has 8 heteroatoms. The lowest BCUT2D eigenvalue weighted by atomic mass is 9.96. The van der Waals surface area contributed by atoms with E-state index in [9.17, 15) is 14.4 Å². The summed E-state index contributed by atoms with van der Waals surface area (Å²) in [6.45, 7) is 0.643. The van der Waals surface area contributed by atoms with Crippen LogP contribution in [-0.4, -0.2) is 65.5 Å². The van der Waals surface area contributed by atoms with Gasteiger partial charge in [0.2, 0.25) is 0 Å². The Kier molecular flexibility index (Phi) is 9.31. The molecule has 0 heterocycles. The minimum absolute atomic E-state index is 0.289. The first-order valence-electron chi connectivity index (χ1n) is 5.96. The van der Waals surface area contributed by atoms with E-state index in [2.05, 4.69) is 19.5 Å². The third-order valence-electron chi connectivity index (χ3n) is 2.65. The van der Waals surface area contributed by atoms with Crippen molar-refractivity contribution in [2.24, 2.45) is 5.92 Å². The summed E-state index contributed by atoms with van der Waals surface area (Å²) < 4.78 is 18.6. The number of nitrogens with one attached hydrogen (secondary N) is 1. The number of hydrogen-bond acceptors (Lipinski definition) is 8. The smallest absolute Gasteiger partial charge is 0.323 e. The molecule has 0 aliphatic rings. The van der Waals surface area contributed by atoms with E-state index < -0.39 is 29.9 Å². The van der Waals surface area contributed by atoms with Gasteiger partial charge < -0.3 is 24.3 Å². The number of hydrogen-bond donors (Lipinski definition) is 1. The number of carbonyl (C=O) groups is 3. The van der Waals surface area contributed by atoms with E-state index in [0.29, 0.717) is 13.2 Å². The molecule has 20 heavy (non-hydrogen) atoms. The summed E-state index contributed by atoms with van der Waals surface area (Å²) in [5.41, 5.74) is 0. The van der Waals surface area contributed by atoms with Crippen molar-refractivity contribution < 1.29 is 33.3 Å². The van der Waals surface area contributed by atoms with E-state index in [-0.39, 0.29) is 6.42 Å². The van der Waals surface area contributed by atoms with Gasteiger partial charge in [-0.15, -0.1) is 0 Å². The fourth-order valence-corrected chi connectivity index (χ4v) is 1.58. The molecule has 0 spiro atoms. The molecule has 0 aliphatic carbocycles. The Labute approximate surface area is 117 Å². The SMILES string of the molecule is COCCNC(C(=O)OC)C(CC(=O)OC)C(=O)OC. The predicted molar refractivity (Wildman–Crippen MR) is 67.8 cm³/mol. The van der Waals surface area contributed by atoms with Crippen molar-refractivity contribution in [3.05, 3.63) is 0 Å². The van der Waals surface area contributed by atoms with Gasteiger partial charge in [0.05, 0.1) is 40.3 Å². The van der Waals surface area contributed by atoms with E-state index in [0.717, 1.165) is 0 Å². The largest absolute Gasteiger partial charge is 0.469 e. The fourth-order valence-electron chi connectivity index (χ4n) is 1.58. The van der Waals surface area contributed by atoms with Crippen LogP contribution >= 0.6 is 0 Å². The summed E-state index contributed by atoms with van der Waals surface area (Å²) in [4.78, 5) is 34.9. The van der Waals surface area contributed by atoms with Crippen LogP contribution in [0.15, 0.2) is 0 Å². The van der Waals surface area contributed by atoms with E-state index in [4.69, 9.17) is 4.74 Å². The highest BCUT2D eigenvalue weighted by molar-refractivity contribution is 5.87. The van der Waals surface area contributed by atoms with Gasteiger partial charge >= 0.3 is 17.9 Å². The number of methoxy groups -OCH3 is 4. The normalized spacial score (nSPS) is 13.2. The van der Waals surface area contributed by atoms with Crippen LogP contribution in [0.4, 0.5) is 0 Å². The second-order valence-corrected chi connectivity index (χ2v) is 3.86. The van der Waals surface area contributed by atoms with Crippen LogP contribution in [0.1, 0.15) is 6.42 Å². The lowest BCUT2D eigenvalue weighted by Gasteiger charge is -2.23. The molecule has 0 bridgehead atoms. The first kappa shape index (κ1) is 18.3. The molecule has 0 aromatic carbocycles. The van der Waals surface area contributed by atoms with Gasteiger partial charge in [0.1, 0.15) is 6.04 Å². The van der Waals surface area contributed by atoms with Crippen molar-refractivity contribution >= 4 is 17.9 Å². The molecule has 0 aromatic rings. The molecular weight excluding hydrogens is 270 g/mol. The molecule has 0 aliphatic heterocycles. The number of rotatable bonds is 9. The molecule has 0 amide bonds. The quantitative estimate of drug-likeness (QED) is 0.332. The number of carbonyl (C=O) groups excluding carboxylic acids is 3. The maximum Gasteiger partial charge on any atom is 0.323 e. The average molecular weight is 291 g/mol. The van der Waals surface area contributed by atoms with Crippen LogP contribution in [0.3, 0.4) is 0 Å². The van der Waals surface area contributed by atoms with Crippen LogP contribution in [0, 0.1) is 5.92 Å². The molecule has 0 aromatic heterocycles. The fraction of sp³-hybridized carbons (Fsp3) is 0.750. The van der Waals surface area contributed by atoms with Crippen molar-refractivity contribution in [1.82, 2.24) is 5.32 Å². The van der Waals surface area contributed by atoms with E-state index in [1.807, 2.05) is 0 Å². The Morgan fingerprint density at radius 1 is 0.950 bits per heavy atom. The standard InChI is InChI=1S/C12H21NO7/c1-17-6-5-13-10(12(16)20-4)8(11(15)19-3)7-9(14)18-2/h8,10,13H,5-7H2,1-4H3. The Hall–Kier alpha value is -1.67. The first-order chi connectivity index (χ1) is 9.51. The van der Waals surface area contributed by atoms with E-state index in [1.165, 1.54) is 28.4 Å². The summed E-state index contributed by atoms with van der Waals surface area (Å²) in [5.74, 6) is -3.02. The third kappa shape index (κ3) is 5.98. The van der Waals surface area contributed by atoms with Crippen molar-refractivity contribution in [2.75, 3.05) is 41.6 Å². The average Bonchev–Trinajstić information content (AvgIpc) is 2.47. The van der Waals surface area contributed by atoms with Crippen molar-refractivity contribution in [3.63, 3.8) is 0 Å². The van der Waals surface area contributed by atoms with Gasteiger partial charge in [0, 0.05) is 13.7 Å². The van der Waals surface area contributed by atoms with Crippen molar-refractivity contribution in [1.29, 1.82) is 0 Å². The second kappa shape index (κ2) is 10.2. The van der Waals surface area contributed by atoms with Gasteiger partial charge in [-0.2, -0.15) is 0 Å². The zero-order valence-electron chi connectivity index (χ0n) is 12.1. The van der Waals surface area contributed by atoms with Gasteiger partial charge in [-0.25, -0.2) is 0 Å². The number of ether oxygens (including phenoxy) is 4. The molecule has 0 saturated carbocycles. The van der Waals surface area contributed by atoms with E-state index in [1.54, 1.807) is 0 Å². The highest BCUT2D eigenvalue weighted by atomic mass is 16.5. The highest BCUT2D eigenvalue weighted by Crippen LogP contribution is 2.14. The minimum Gasteiger partial charge on any atom is -0.469 e. The van der Waals surface area contributed by atoms with Crippen molar-refractivity contribution in [2.45, 2.75) is 12.5 Å². The Morgan fingerprint density at radius 3 is 2.00 bits per heavy atom. The van der Waals surface area contributed by atoms with Gasteiger partial charge in [0.25, 0.3) is 0 Å². The van der Waals surface area contributed by atoms with Crippen LogP contribution in [0.25, 0.3) is 0 Å². The monoisotopic (exact) mass is 291 g/mol. The molecular formula is C12H21NO7.